The molecule has 0 aliphatic carbocycles. The lowest BCUT2D eigenvalue weighted by atomic mass is 10.1. The monoisotopic (exact) mass is 275 g/mol. The van der Waals surface area contributed by atoms with E-state index in [1.165, 1.54) is 11.1 Å². The van der Waals surface area contributed by atoms with Gasteiger partial charge in [-0.2, -0.15) is 11.3 Å². The van der Waals surface area contributed by atoms with E-state index in [0.29, 0.717) is 6.04 Å². The molecule has 1 N–H and O–H groups in total. The first-order valence-electron chi connectivity index (χ1n) is 6.66. The summed E-state index contributed by atoms with van der Waals surface area (Å²) in [5.74, 6) is 0.941. The number of nitrogens with one attached hydrogen (secondary N) is 1. The van der Waals surface area contributed by atoms with Crippen LogP contribution in [-0.2, 0) is 6.54 Å². The fourth-order valence-electron chi connectivity index (χ4n) is 1.91. The second-order valence-corrected chi connectivity index (χ2v) is 5.75. The van der Waals surface area contributed by atoms with Gasteiger partial charge in [0.25, 0.3) is 0 Å². The molecular weight excluding hydrogens is 254 g/mol. The van der Waals surface area contributed by atoms with Crippen molar-refractivity contribution in [2.45, 2.75) is 39.5 Å². The first-order valence-corrected chi connectivity index (χ1v) is 7.60. The number of ether oxygens (including phenoxy) is 1. The molecule has 0 saturated heterocycles. The fraction of sp³-hybridized carbons (Fsp3) is 0.375. The van der Waals surface area contributed by atoms with Crippen LogP contribution in [0.15, 0.2) is 41.1 Å². The van der Waals surface area contributed by atoms with E-state index in [1.54, 1.807) is 11.3 Å². The molecule has 2 nitrogen and oxygen atoms in total. The lowest BCUT2D eigenvalue weighted by Crippen LogP contribution is -2.17. The second kappa shape index (κ2) is 6.73. The topological polar surface area (TPSA) is 21.3 Å². The molecule has 2 rings (SSSR count). The first-order chi connectivity index (χ1) is 9.15. The van der Waals surface area contributed by atoms with Crippen LogP contribution >= 0.6 is 11.3 Å². The number of thiophene rings is 1. The highest BCUT2D eigenvalue weighted by Gasteiger charge is 2.07. The van der Waals surface area contributed by atoms with Gasteiger partial charge < -0.3 is 10.1 Å². The first kappa shape index (κ1) is 14.1. The van der Waals surface area contributed by atoms with Crippen molar-refractivity contribution in [1.82, 2.24) is 5.32 Å². The van der Waals surface area contributed by atoms with Gasteiger partial charge in [-0.15, -0.1) is 0 Å². The Labute approximate surface area is 119 Å². The van der Waals surface area contributed by atoms with E-state index in [4.69, 9.17) is 4.74 Å². The van der Waals surface area contributed by atoms with Gasteiger partial charge in [-0.3, -0.25) is 0 Å². The van der Waals surface area contributed by atoms with Gasteiger partial charge in [0.05, 0.1) is 6.10 Å². The SMILES string of the molecule is CC(C)Oc1cccc(C(C)NCc2ccsc2)c1. The summed E-state index contributed by atoms with van der Waals surface area (Å²) in [6.45, 7) is 7.18. The summed E-state index contributed by atoms with van der Waals surface area (Å²) in [6.07, 6.45) is 0.212. The van der Waals surface area contributed by atoms with Gasteiger partial charge in [-0.25, -0.2) is 0 Å². The number of benzene rings is 1. The standard InChI is InChI=1S/C16H21NOS/c1-12(2)18-16-6-4-5-15(9-16)13(3)17-10-14-7-8-19-11-14/h4-9,11-13,17H,10H2,1-3H3. The Hall–Kier alpha value is -1.32. The van der Waals surface area contributed by atoms with Crippen molar-refractivity contribution in [1.29, 1.82) is 0 Å². The largest absolute Gasteiger partial charge is 0.491 e. The fourth-order valence-corrected chi connectivity index (χ4v) is 2.58. The summed E-state index contributed by atoms with van der Waals surface area (Å²) in [4.78, 5) is 0. The summed E-state index contributed by atoms with van der Waals surface area (Å²) in [5, 5.41) is 7.82. The van der Waals surface area contributed by atoms with Gasteiger partial charge >= 0.3 is 0 Å². The van der Waals surface area contributed by atoms with Crippen molar-refractivity contribution >= 4 is 11.3 Å². The molecule has 1 aromatic carbocycles. The highest BCUT2D eigenvalue weighted by atomic mass is 32.1. The minimum Gasteiger partial charge on any atom is -0.491 e. The third-order valence-corrected chi connectivity index (χ3v) is 3.65. The summed E-state index contributed by atoms with van der Waals surface area (Å²) < 4.78 is 5.73. The van der Waals surface area contributed by atoms with Gasteiger partial charge in [-0.1, -0.05) is 12.1 Å². The minimum atomic E-state index is 0.212. The molecule has 1 atom stereocenters. The van der Waals surface area contributed by atoms with Crippen LogP contribution in [0.4, 0.5) is 0 Å². The maximum atomic E-state index is 5.73. The summed E-state index contributed by atoms with van der Waals surface area (Å²) >= 11 is 1.74. The Kier molecular flexibility index (Phi) is 5.00. The molecule has 0 aliphatic rings. The van der Waals surface area contributed by atoms with Gasteiger partial charge in [0.15, 0.2) is 0 Å². The zero-order valence-electron chi connectivity index (χ0n) is 11.7. The Bertz CT molecular complexity index is 493. The van der Waals surface area contributed by atoms with E-state index in [0.717, 1.165) is 12.3 Å². The summed E-state index contributed by atoms with van der Waals surface area (Å²) in [5.41, 5.74) is 2.60. The van der Waals surface area contributed by atoms with E-state index in [2.05, 4.69) is 47.3 Å². The van der Waals surface area contributed by atoms with Crippen LogP contribution in [0.2, 0.25) is 0 Å². The molecule has 102 valence electrons. The maximum Gasteiger partial charge on any atom is 0.120 e. The zero-order valence-corrected chi connectivity index (χ0v) is 12.5. The van der Waals surface area contributed by atoms with E-state index in [-0.39, 0.29) is 6.10 Å². The van der Waals surface area contributed by atoms with Gasteiger partial charge in [0.2, 0.25) is 0 Å². The molecule has 0 radical (unpaired) electrons. The molecule has 1 heterocycles. The van der Waals surface area contributed by atoms with Crippen molar-refractivity contribution in [3.05, 3.63) is 52.2 Å². The average molecular weight is 275 g/mol. The third kappa shape index (κ3) is 4.37. The highest BCUT2D eigenvalue weighted by Crippen LogP contribution is 2.20. The van der Waals surface area contributed by atoms with Crippen LogP contribution in [0.1, 0.15) is 37.9 Å². The molecule has 0 amide bonds. The molecule has 19 heavy (non-hydrogen) atoms. The summed E-state index contributed by atoms with van der Waals surface area (Å²) in [7, 11) is 0. The molecular formula is C16H21NOS. The minimum absolute atomic E-state index is 0.212. The van der Waals surface area contributed by atoms with Gasteiger partial charge in [0.1, 0.15) is 5.75 Å². The second-order valence-electron chi connectivity index (χ2n) is 4.97. The molecule has 3 heteroatoms. The zero-order chi connectivity index (χ0) is 13.7. The Balaban J connectivity index is 1.96. The Morgan fingerprint density at radius 3 is 2.74 bits per heavy atom. The average Bonchev–Trinajstić information content (AvgIpc) is 2.88. The normalized spacial score (nSPS) is 12.6. The van der Waals surface area contributed by atoms with Crippen molar-refractivity contribution in [2.75, 3.05) is 0 Å². The van der Waals surface area contributed by atoms with Gasteiger partial charge in [0, 0.05) is 12.6 Å². The van der Waals surface area contributed by atoms with Crippen LogP contribution in [0.5, 0.6) is 5.75 Å². The van der Waals surface area contributed by atoms with Crippen LogP contribution in [0.25, 0.3) is 0 Å². The molecule has 0 saturated carbocycles. The van der Waals surface area contributed by atoms with E-state index < -0.39 is 0 Å². The van der Waals surface area contributed by atoms with E-state index in [1.807, 2.05) is 19.9 Å². The third-order valence-electron chi connectivity index (χ3n) is 2.92. The van der Waals surface area contributed by atoms with Crippen molar-refractivity contribution < 1.29 is 4.74 Å². The molecule has 1 aromatic heterocycles. The summed E-state index contributed by atoms with van der Waals surface area (Å²) in [6, 6.07) is 10.8. The van der Waals surface area contributed by atoms with Crippen molar-refractivity contribution in [2.24, 2.45) is 0 Å². The quantitative estimate of drug-likeness (QED) is 0.844. The van der Waals surface area contributed by atoms with E-state index in [9.17, 15) is 0 Å². The number of hydrogen-bond acceptors (Lipinski definition) is 3. The van der Waals surface area contributed by atoms with Crippen LogP contribution in [0.3, 0.4) is 0 Å². The van der Waals surface area contributed by atoms with Crippen molar-refractivity contribution in [3.8, 4) is 5.75 Å². The molecule has 0 aliphatic heterocycles. The number of rotatable bonds is 6. The van der Waals surface area contributed by atoms with E-state index >= 15 is 0 Å². The van der Waals surface area contributed by atoms with Crippen LogP contribution in [0, 0.1) is 0 Å². The predicted octanol–water partition coefficient (Wildman–Crippen LogP) is 4.39. The Morgan fingerprint density at radius 1 is 1.21 bits per heavy atom. The maximum absolute atomic E-state index is 5.73. The predicted molar refractivity (Wildman–Crippen MR) is 81.8 cm³/mol. The molecule has 0 fully saturated rings. The molecule has 0 spiro atoms. The lowest BCUT2D eigenvalue weighted by molar-refractivity contribution is 0.242. The number of hydrogen-bond donors (Lipinski definition) is 1. The van der Waals surface area contributed by atoms with Crippen LogP contribution in [-0.4, -0.2) is 6.10 Å². The molecule has 1 unspecified atom stereocenters. The molecule has 2 aromatic rings. The lowest BCUT2D eigenvalue weighted by Gasteiger charge is -2.16. The van der Waals surface area contributed by atoms with Crippen molar-refractivity contribution in [3.63, 3.8) is 0 Å². The Morgan fingerprint density at radius 2 is 2.05 bits per heavy atom. The van der Waals surface area contributed by atoms with Gasteiger partial charge in [-0.05, 0) is 60.9 Å². The molecule has 0 bridgehead atoms. The van der Waals surface area contributed by atoms with Crippen LogP contribution < -0.4 is 10.1 Å². The highest BCUT2D eigenvalue weighted by molar-refractivity contribution is 7.07. The smallest absolute Gasteiger partial charge is 0.120 e.